The molecule has 0 aromatic carbocycles. The molecule has 15 heavy (non-hydrogen) atoms. The van der Waals surface area contributed by atoms with Crippen molar-refractivity contribution < 1.29 is 0 Å². The molecule has 2 aromatic heterocycles. The van der Waals surface area contributed by atoms with E-state index in [1.807, 2.05) is 35.6 Å². The van der Waals surface area contributed by atoms with Crippen LogP contribution in [0.4, 0.5) is 0 Å². The molecule has 2 rings (SSSR count). The first-order chi connectivity index (χ1) is 7.36. The minimum Gasteiger partial charge on any atom is -0.337 e. The zero-order chi connectivity index (χ0) is 10.5. The SMILES string of the molecule is Cn1ccnc1CNCCc1nccs1. The quantitative estimate of drug-likeness (QED) is 0.773. The Bertz CT molecular complexity index is 393. The summed E-state index contributed by atoms with van der Waals surface area (Å²) in [5.41, 5.74) is 0. The van der Waals surface area contributed by atoms with E-state index in [0.717, 1.165) is 25.3 Å². The summed E-state index contributed by atoms with van der Waals surface area (Å²) in [5, 5.41) is 6.54. The van der Waals surface area contributed by atoms with Gasteiger partial charge in [0, 0.05) is 44.0 Å². The molecule has 0 aliphatic rings. The molecular formula is C10H14N4S. The van der Waals surface area contributed by atoms with E-state index in [9.17, 15) is 0 Å². The first-order valence-electron chi connectivity index (χ1n) is 4.91. The van der Waals surface area contributed by atoms with Crippen molar-refractivity contribution in [2.75, 3.05) is 6.54 Å². The van der Waals surface area contributed by atoms with Gasteiger partial charge in [0.15, 0.2) is 0 Å². The summed E-state index contributed by atoms with van der Waals surface area (Å²) in [6.07, 6.45) is 6.61. The Morgan fingerprint density at radius 1 is 1.40 bits per heavy atom. The minimum absolute atomic E-state index is 0.814. The molecular weight excluding hydrogens is 208 g/mol. The van der Waals surface area contributed by atoms with Gasteiger partial charge in [0.25, 0.3) is 0 Å². The molecule has 0 saturated heterocycles. The van der Waals surface area contributed by atoms with Crippen molar-refractivity contribution in [1.29, 1.82) is 0 Å². The number of aryl methyl sites for hydroxylation is 1. The number of rotatable bonds is 5. The van der Waals surface area contributed by atoms with Gasteiger partial charge in [0.1, 0.15) is 5.82 Å². The van der Waals surface area contributed by atoms with Gasteiger partial charge in [-0.3, -0.25) is 0 Å². The highest BCUT2D eigenvalue weighted by molar-refractivity contribution is 7.09. The predicted molar refractivity (Wildman–Crippen MR) is 60.7 cm³/mol. The van der Waals surface area contributed by atoms with Gasteiger partial charge in [-0.25, -0.2) is 9.97 Å². The number of imidazole rings is 1. The molecule has 4 nitrogen and oxygen atoms in total. The van der Waals surface area contributed by atoms with E-state index in [0.29, 0.717) is 0 Å². The Morgan fingerprint density at radius 3 is 3.00 bits per heavy atom. The van der Waals surface area contributed by atoms with Gasteiger partial charge in [0.05, 0.1) is 11.6 Å². The van der Waals surface area contributed by atoms with Crippen molar-refractivity contribution in [2.45, 2.75) is 13.0 Å². The first kappa shape index (κ1) is 10.3. The molecule has 0 amide bonds. The van der Waals surface area contributed by atoms with Gasteiger partial charge in [-0.2, -0.15) is 0 Å². The highest BCUT2D eigenvalue weighted by Gasteiger charge is 1.98. The number of hydrogen-bond donors (Lipinski definition) is 1. The van der Waals surface area contributed by atoms with Crippen LogP contribution in [-0.2, 0) is 20.0 Å². The number of aromatic nitrogens is 3. The fraction of sp³-hybridized carbons (Fsp3) is 0.400. The van der Waals surface area contributed by atoms with Crippen LogP contribution >= 0.6 is 11.3 Å². The van der Waals surface area contributed by atoms with Crippen molar-refractivity contribution in [3.8, 4) is 0 Å². The van der Waals surface area contributed by atoms with Crippen molar-refractivity contribution >= 4 is 11.3 Å². The fourth-order valence-electron chi connectivity index (χ4n) is 1.34. The Hall–Kier alpha value is -1.20. The second-order valence-corrected chi connectivity index (χ2v) is 4.29. The Balaban J connectivity index is 1.70. The van der Waals surface area contributed by atoms with E-state index in [1.54, 1.807) is 11.3 Å². The van der Waals surface area contributed by atoms with Crippen LogP contribution in [0, 0.1) is 0 Å². The molecule has 0 saturated carbocycles. The van der Waals surface area contributed by atoms with Crippen molar-refractivity contribution in [3.05, 3.63) is 34.8 Å². The average Bonchev–Trinajstić information content (AvgIpc) is 2.85. The van der Waals surface area contributed by atoms with Gasteiger partial charge in [0.2, 0.25) is 0 Å². The lowest BCUT2D eigenvalue weighted by molar-refractivity contribution is 0.637. The smallest absolute Gasteiger partial charge is 0.122 e. The lowest BCUT2D eigenvalue weighted by Crippen LogP contribution is -2.18. The monoisotopic (exact) mass is 222 g/mol. The van der Waals surface area contributed by atoms with Gasteiger partial charge in [-0.05, 0) is 0 Å². The zero-order valence-electron chi connectivity index (χ0n) is 8.68. The van der Waals surface area contributed by atoms with Gasteiger partial charge in [-0.1, -0.05) is 0 Å². The summed E-state index contributed by atoms with van der Waals surface area (Å²) in [5.74, 6) is 1.06. The van der Waals surface area contributed by atoms with Crippen molar-refractivity contribution in [2.24, 2.45) is 7.05 Å². The fourth-order valence-corrected chi connectivity index (χ4v) is 1.96. The normalized spacial score (nSPS) is 10.7. The first-order valence-corrected chi connectivity index (χ1v) is 5.79. The summed E-state index contributed by atoms with van der Waals surface area (Å²) < 4.78 is 2.02. The molecule has 0 spiro atoms. The van der Waals surface area contributed by atoms with Crippen molar-refractivity contribution in [3.63, 3.8) is 0 Å². The summed E-state index contributed by atoms with van der Waals surface area (Å²) in [7, 11) is 2.00. The maximum absolute atomic E-state index is 4.24. The molecule has 1 N–H and O–H groups in total. The van der Waals surface area contributed by atoms with Crippen LogP contribution in [0.15, 0.2) is 24.0 Å². The summed E-state index contributed by atoms with van der Waals surface area (Å²) >= 11 is 1.70. The topological polar surface area (TPSA) is 42.7 Å². The van der Waals surface area contributed by atoms with E-state index in [-0.39, 0.29) is 0 Å². The molecule has 80 valence electrons. The molecule has 0 radical (unpaired) electrons. The predicted octanol–water partition coefficient (Wildman–Crippen LogP) is 1.21. The largest absolute Gasteiger partial charge is 0.337 e. The van der Waals surface area contributed by atoms with Gasteiger partial charge < -0.3 is 9.88 Å². The molecule has 2 aromatic rings. The van der Waals surface area contributed by atoms with Crippen LogP contribution in [0.2, 0.25) is 0 Å². The molecule has 0 aliphatic heterocycles. The Labute approximate surface area is 93.0 Å². The van der Waals surface area contributed by atoms with Crippen LogP contribution in [0.1, 0.15) is 10.8 Å². The van der Waals surface area contributed by atoms with Crippen LogP contribution in [0.3, 0.4) is 0 Å². The van der Waals surface area contributed by atoms with E-state index >= 15 is 0 Å². The second-order valence-electron chi connectivity index (χ2n) is 3.31. The van der Waals surface area contributed by atoms with Crippen molar-refractivity contribution in [1.82, 2.24) is 19.9 Å². The van der Waals surface area contributed by atoms with E-state index in [2.05, 4.69) is 15.3 Å². The minimum atomic E-state index is 0.814. The third-order valence-electron chi connectivity index (χ3n) is 2.20. The summed E-state index contributed by atoms with van der Waals surface area (Å²) in [4.78, 5) is 8.46. The highest BCUT2D eigenvalue weighted by Crippen LogP contribution is 2.03. The Kier molecular flexibility index (Phi) is 3.47. The van der Waals surface area contributed by atoms with E-state index in [4.69, 9.17) is 0 Å². The van der Waals surface area contributed by atoms with Crippen LogP contribution in [0.5, 0.6) is 0 Å². The third kappa shape index (κ3) is 2.87. The number of hydrogen-bond acceptors (Lipinski definition) is 4. The zero-order valence-corrected chi connectivity index (χ0v) is 9.50. The molecule has 5 heteroatoms. The standard InChI is InChI=1S/C10H14N4S/c1-14-6-4-12-9(14)8-11-3-2-10-13-5-7-15-10/h4-7,11H,2-3,8H2,1H3. The van der Waals surface area contributed by atoms with Crippen LogP contribution < -0.4 is 5.32 Å². The molecule has 0 fully saturated rings. The molecule has 2 heterocycles. The van der Waals surface area contributed by atoms with Gasteiger partial charge in [-0.15, -0.1) is 11.3 Å². The van der Waals surface area contributed by atoms with Crippen LogP contribution in [0.25, 0.3) is 0 Å². The Morgan fingerprint density at radius 2 is 2.33 bits per heavy atom. The number of nitrogens with zero attached hydrogens (tertiary/aromatic N) is 3. The second kappa shape index (κ2) is 5.04. The molecule has 0 unspecified atom stereocenters. The van der Waals surface area contributed by atoms with Gasteiger partial charge >= 0.3 is 0 Å². The lowest BCUT2D eigenvalue weighted by atomic mass is 10.4. The number of nitrogens with one attached hydrogen (secondary N) is 1. The average molecular weight is 222 g/mol. The maximum Gasteiger partial charge on any atom is 0.122 e. The molecule has 0 atom stereocenters. The summed E-state index contributed by atoms with van der Waals surface area (Å²) in [6.45, 7) is 1.76. The lowest BCUT2D eigenvalue weighted by Gasteiger charge is -2.03. The van der Waals surface area contributed by atoms with E-state index in [1.165, 1.54) is 5.01 Å². The third-order valence-corrected chi connectivity index (χ3v) is 3.04. The number of thiazole rings is 1. The summed E-state index contributed by atoms with van der Waals surface area (Å²) in [6, 6.07) is 0. The molecule has 0 aliphatic carbocycles. The molecule has 0 bridgehead atoms. The van der Waals surface area contributed by atoms with E-state index < -0.39 is 0 Å². The maximum atomic E-state index is 4.24. The van der Waals surface area contributed by atoms with Crippen LogP contribution in [-0.4, -0.2) is 21.1 Å². The highest BCUT2D eigenvalue weighted by atomic mass is 32.1.